The number of nitrogens with one attached hydrogen (secondary N) is 2. The summed E-state index contributed by atoms with van der Waals surface area (Å²) >= 11 is 0. The van der Waals surface area contributed by atoms with Gasteiger partial charge in [0, 0.05) is 6.04 Å². The molecule has 5 heteroatoms. The zero-order valence-corrected chi connectivity index (χ0v) is 11.0. The van der Waals surface area contributed by atoms with Crippen LogP contribution in [0, 0.1) is 6.92 Å². The van der Waals surface area contributed by atoms with Crippen LogP contribution >= 0.6 is 0 Å². The summed E-state index contributed by atoms with van der Waals surface area (Å²) in [5, 5.41) is 5.29. The summed E-state index contributed by atoms with van der Waals surface area (Å²) in [6.07, 6.45) is 4.12. The molecule has 0 radical (unpaired) electrons. The van der Waals surface area contributed by atoms with E-state index in [0.29, 0.717) is 11.4 Å². The van der Waals surface area contributed by atoms with Crippen LogP contribution in [0.15, 0.2) is 18.2 Å². The number of amides is 2. The van der Waals surface area contributed by atoms with Crippen LogP contribution in [0.3, 0.4) is 0 Å². The smallest absolute Gasteiger partial charge is 0.313 e. The van der Waals surface area contributed by atoms with Crippen molar-refractivity contribution in [2.24, 2.45) is 0 Å². The molecule has 2 rings (SSSR count). The molecule has 1 saturated carbocycles. The molecule has 1 aliphatic rings. The Morgan fingerprint density at radius 1 is 1.21 bits per heavy atom. The summed E-state index contributed by atoms with van der Waals surface area (Å²) in [6.45, 7) is 1.90. The van der Waals surface area contributed by atoms with E-state index in [1.807, 2.05) is 13.0 Å². The van der Waals surface area contributed by atoms with Crippen LogP contribution < -0.4 is 16.4 Å². The van der Waals surface area contributed by atoms with E-state index < -0.39 is 11.8 Å². The van der Waals surface area contributed by atoms with Gasteiger partial charge in [0.25, 0.3) is 0 Å². The maximum absolute atomic E-state index is 11.8. The average molecular weight is 261 g/mol. The van der Waals surface area contributed by atoms with E-state index >= 15 is 0 Å². The molecule has 0 bridgehead atoms. The van der Waals surface area contributed by atoms with Gasteiger partial charge < -0.3 is 16.4 Å². The first-order valence-electron chi connectivity index (χ1n) is 6.54. The average Bonchev–Trinajstić information content (AvgIpc) is 2.86. The predicted octanol–water partition coefficient (Wildman–Crippen LogP) is 1.57. The van der Waals surface area contributed by atoms with Crippen molar-refractivity contribution < 1.29 is 9.59 Å². The van der Waals surface area contributed by atoms with E-state index in [9.17, 15) is 9.59 Å². The molecular weight excluding hydrogens is 242 g/mol. The molecule has 0 aliphatic heterocycles. The van der Waals surface area contributed by atoms with E-state index in [1.165, 1.54) is 0 Å². The van der Waals surface area contributed by atoms with Crippen LogP contribution in [-0.2, 0) is 9.59 Å². The summed E-state index contributed by atoms with van der Waals surface area (Å²) in [5.41, 5.74) is 7.66. The Morgan fingerprint density at radius 2 is 1.89 bits per heavy atom. The quantitative estimate of drug-likeness (QED) is 0.558. The van der Waals surface area contributed by atoms with Crippen molar-refractivity contribution in [3.05, 3.63) is 23.8 Å². The number of carbonyl (C=O) groups excluding carboxylic acids is 2. The second-order valence-corrected chi connectivity index (χ2v) is 5.00. The van der Waals surface area contributed by atoms with Crippen LogP contribution in [0.2, 0.25) is 0 Å². The summed E-state index contributed by atoms with van der Waals surface area (Å²) in [4.78, 5) is 23.5. The summed E-state index contributed by atoms with van der Waals surface area (Å²) in [5.74, 6) is -1.25. The van der Waals surface area contributed by atoms with Gasteiger partial charge in [-0.1, -0.05) is 18.9 Å². The molecule has 0 heterocycles. The largest absolute Gasteiger partial charge is 0.397 e. The lowest BCUT2D eigenvalue weighted by Gasteiger charge is -2.12. The van der Waals surface area contributed by atoms with Crippen LogP contribution in [0.25, 0.3) is 0 Å². The lowest BCUT2D eigenvalue weighted by Crippen LogP contribution is -2.40. The maximum atomic E-state index is 11.8. The van der Waals surface area contributed by atoms with E-state index in [-0.39, 0.29) is 6.04 Å². The lowest BCUT2D eigenvalue weighted by atomic mass is 10.2. The number of aryl methyl sites for hydroxylation is 1. The minimum absolute atomic E-state index is 0.133. The number of rotatable bonds is 2. The number of benzene rings is 1. The van der Waals surface area contributed by atoms with Gasteiger partial charge in [0.2, 0.25) is 0 Å². The van der Waals surface area contributed by atoms with E-state index in [0.717, 1.165) is 31.2 Å². The minimum Gasteiger partial charge on any atom is -0.397 e. The van der Waals surface area contributed by atoms with Gasteiger partial charge in [-0.2, -0.15) is 0 Å². The molecule has 0 saturated heterocycles. The number of anilines is 2. The SMILES string of the molecule is Cc1ccc(N)c(NC(=O)C(=O)NC2CCCC2)c1. The van der Waals surface area contributed by atoms with Gasteiger partial charge in [-0.3, -0.25) is 9.59 Å². The highest BCUT2D eigenvalue weighted by atomic mass is 16.2. The Labute approximate surface area is 112 Å². The monoisotopic (exact) mass is 261 g/mol. The lowest BCUT2D eigenvalue weighted by molar-refractivity contribution is -0.136. The number of nitrogens with two attached hydrogens (primary N) is 1. The zero-order valence-electron chi connectivity index (χ0n) is 11.0. The molecule has 0 spiro atoms. The summed E-state index contributed by atoms with van der Waals surface area (Å²) in [6, 6.07) is 5.44. The van der Waals surface area contributed by atoms with Crippen molar-refractivity contribution in [3.8, 4) is 0 Å². The minimum atomic E-state index is -0.663. The van der Waals surface area contributed by atoms with Crippen molar-refractivity contribution in [2.75, 3.05) is 11.1 Å². The first-order chi connectivity index (χ1) is 9.06. The standard InChI is InChI=1S/C14H19N3O2/c1-9-6-7-11(15)12(8-9)17-14(19)13(18)16-10-4-2-3-5-10/h6-8,10H,2-5,15H2,1H3,(H,16,18)(H,17,19). The third kappa shape index (κ3) is 3.47. The van der Waals surface area contributed by atoms with E-state index in [2.05, 4.69) is 10.6 Å². The topological polar surface area (TPSA) is 84.2 Å². The third-order valence-electron chi connectivity index (χ3n) is 3.35. The molecule has 0 atom stereocenters. The zero-order chi connectivity index (χ0) is 13.8. The number of hydrogen-bond donors (Lipinski definition) is 3. The number of hydrogen-bond acceptors (Lipinski definition) is 3. The van der Waals surface area contributed by atoms with Crippen molar-refractivity contribution in [2.45, 2.75) is 38.6 Å². The van der Waals surface area contributed by atoms with Gasteiger partial charge in [-0.25, -0.2) is 0 Å². The second kappa shape index (κ2) is 5.73. The van der Waals surface area contributed by atoms with Gasteiger partial charge in [-0.15, -0.1) is 0 Å². The molecule has 1 fully saturated rings. The molecule has 2 amide bonds. The molecular formula is C14H19N3O2. The number of nitrogen functional groups attached to an aromatic ring is 1. The highest BCUT2D eigenvalue weighted by Crippen LogP contribution is 2.20. The molecule has 102 valence electrons. The highest BCUT2D eigenvalue weighted by molar-refractivity contribution is 6.40. The Bertz CT molecular complexity index is 493. The normalized spacial score (nSPS) is 15.2. The van der Waals surface area contributed by atoms with Crippen molar-refractivity contribution in [3.63, 3.8) is 0 Å². The van der Waals surface area contributed by atoms with E-state index in [4.69, 9.17) is 5.73 Å². The van der Waals surface area contributed by atoms with Crippen LogP contribution in [-0.4, -0.2) is 17.9 Å². The Morgan fingerprint density at radius 3 is 2.58 bits per heavy atom. The van der Waals surface area contributed by atoms with Gasteiger partial charge in [0.1, 0.15) is 0 Å². The number of carbonyl (C=O) groups is 2. The fourth-order valence-corrected chi connectivity index (χ4v) is 2.28. The molecule has 1 aromatic carbocycles. The van der Waals surface area contributed by atoms with Crippen LogP contribution in [0.5, 0.6) is 0 Å². The molecule has 5 nitrogen and oxygen atoms in total. The second-order valence-electron chi connectivity index (χ2n) is 5.00. The molecule has 0 aromatic heterocycles. The predicted molar refractivity (Wildman–Crippen MR) is 74.6 cm³/mol. The van der Waals surface area contributed by atoms with Gasteiger partial charge in [0.15, 0.2) is 0 Å². The maximum Gasteiger partial charge on any atom is 0.313 e. The van der Waals surface area contributed by atoms with Crippen molar-refractivity contribution in [1.29, 1.82) is 0 Å². The Hall–Kier alpha value is -2.04. The van der Waals surface area contributed by atoms with E-state index in [1.54, 1.807) is 12.1 Å². The fourth-order valence-electron chi connectivity index (χ4n) is 2.28. The van der Waals surface area contributed by atoms with Gasteiger partial charge >= 0.3 is 11.8 Å². The van der Waals surface area contributed by atoms with Gasteiger partial charge in [0.05, 0.1) is 11.4 Å². The molecule has 1 aliphatic carbocycles. The summed E-state index contributed by atoms with van der Waals surface area (Å²) in [7, 11) is 0. The van der Waals surface area contributed by atoms with Crippen LogP contribution in [0.4, 0.5) is 11.4 Å². The Balaban J connectivity index is 1.96. The van der Waals surface area contributed by atoms with Crippen molar-refractivity contribution in [1.82, 2.24) is 5.32 Å². The molecule has 1 aromatic rings. The highest BCUT2D eigenvalue weighted by Gasteiger charge is 2.21. The van der Waals surface area contributed by atoms with Crippen molar-refractivity contribution >= 4 is 23.2 Å². The third-order valence-corrected chi connectivity index (χ3v) is 3.35. The first kappa shape index (κ1) is 13.4. The first-order valence-corrected chi connectivity index (χ1v) is 6.54. The summed E-state index contributed by atoms with van der Waals surface area (Å²) < 4.78 is 0. The Kier molecular flexibility index (Phi) is 4.04. The molecule has 19 heavy (non-hydrogen) atoms. The fraction of sp³-hybridized carbons (Fsp3) is 0.429. The van der Waals surface area contributed by atoms with Gasteiger partial charge in [-0.05, 0) is 37.5 Å². The van der Waals surface area contributed by atoms with Crippen LogP contribution in [0.1, 0.15) is 31.2 Å². The molecule has 0 unspecified atom stereocenters. The molecule has 4 N–H and O–H groups in total.